The summed E-state index contributed by atoms with van der Waals surface area (Å²) in [6.45, 7) is 0. The molecule has 0 aliphatic rings. The molecule has 0 atom stereocenters. The van der Waals surface area contributed by atoms with E-state index in [9.17, 15) is 0 Å². The maximum atomic E-state index is 8.74. The summed E-state index contributed by atoms with van der Waals surface area (Å²) in [4.78, 5) is 0. The first-order chi connectivity index (χ1) is 6.00. The molecule has 23 heavy (non-hydrogen) atoms. The summed E-state index contributed by atoms with van der Waals surface area (Å²) in [6, 6.07) is 0. The molecule has 0 aliphatic heterocycles. The Morgan fingerprint density at radius 2 is 0.652 bits per heavy atom. The number of quaternary nitrogens is 1. The molecule has 0 saturated heterocycles. The molecule has 0 bridgehead atoms. The Morgan fingerprint density at radius 1 is 0.652 bits per heavy atom. The summed E-state index contributed by atoms with van der Waals surface area (Å²) in [6.07, 6.45) is 0. The van der Waals surface area contributed by atoms with Gasteiger partial charge >= 0.3 is 172 Å². The monoisotopic (exact) mass is 484 g/mol. The molecule has 0 heterocycles. The van der Waals surface area contributed by atoms with Crippen molar-refractivity contribution in [3.8, 4) is 0 Å². The van der Waals surface area contributed by atoms with Crippen molar-refractivity contribution >= 4 is 31.2 Å². The molecule has 0 unspecified atom stereocenters. The van der Waals surface area contributed by atoms with E-state index in [4.69, 9.17) is 52.6 Å². The zero-order chi connectivity index (χ0) is 13.5. The van der Waals surface area contributed by atoms with Gasteiger partial charge in [-0.05, 0) is 0 Å². The Bertz CT molecular complexity index is 361. The first-order valence-corrected chi connectivity index (χ1v) is 6.14. The molecule has 128 valence electrons. The fourth-order valence-corrected chi connectivity index (χ4v) is 0. The second-order valence-corrected chi connectivity index (χ2v) is 3.85. The minimum absolute atomic E-state index is 0. The van der Waals surface area contributed by atoms with E-state index in [0.717, 1.165) is 0 Å². The molecule has 12 N–H and O–H groups in total. The van der Waals surface area contributed by atoms with Crippen molar-refractivity contribution in [1.82, 2.24) is 12.3 Å². The minimum Gasteiger partial charge on any atom is -0.870 e. The van der Waals surface area contributed by atoms with Crippen LogP contribution >= 0.6 is 0 Å². The Morgan fingerprint density at radius 3 is 0.652 bits per heavy atom. The summed E-state index contributed by atoms with van der Waals surface area (Å²) in [5.41, 5.74) is 0. The average molecular weight is 484 g/mol. The molecule has 0 saturated carbocycles. The first-order valence-electron chi connectivity index (χ1n) is 2.05. The Hall–Kier alpha value is 4.72. The molecule has 0 fully saturated rings. The van der Waals surface area contributed by atoms with E-state index < -0.39 is 31.2 Å². The van der Waals surface area contributed by atoms with Crippen LogP contribution < -0.4 is 174 Å². The molecule has 0 aromatic carbocycles. The van der Waals surface area contributed by atoms with E-state index in [0.29, 0.717) is 0 Å². The fourth-order valence-electron chi connectivity index (χ4n) is 0. The normalized spacial score (nSPS) is 7.57. The second kappa shape index (κ2) is 34.2. The maximum absolute atomic E-state index is 8.74. The quantitative estimate of drug-likeness (QED) is 0.121. The third-order valence-electron chi connectivity index (χ3n) is 0. The van der Waals surface area contributed by atoms with Gasteiger partial charge in [-0.1, -0.05) is 0 Å². The van der Waals surface area contributed by atoms with E-state index in [2.05, 4.69) is 0 Å². The van der Waals surface area contributed by atoms with E-state index in [1.54, 1.807) is 0 Å². The minimum atomic E-state index is -5.17. The summed E-state index contributed by atoms with van der Waals surface area (Å²) in [7, 11) is -14.7. The van der Waals surface area contributed by atoms with Crippen molar-refractivity contribution in [2.24, 2.45) is 0 Å². The molecule has 0 spiro atoms. The van der Waals surface area contributed by atoms with Gasteiger partial charge in [0.15, 0.2) is 0 Å². The molecule has 0 aliphatic carbocycles. The van der Waals surface area contributed by atoms with Crippen LogP contribution in [-0.2, 0) is 31.2 Å². The number of hydrogen-bond donors (Lipinski definition) is 5. The predicted octanol–water partition coefficient (Wildman–Crippen LogP) is -14.8. The molecule has 0 amide bonds. The van der Waals surface area contributed by atoms with Crippen molar-refractivity contribution < 1.29 is 225 Å². The van der Waals surface area contributed by atoms with Crippen LogP contribution in [0.15, 0.2) is 0 Å². The number of rotatable bonds is 0. The predicted molar refractivity (Wildman–Crippen MR) is 51.9 cm³/mol. The Balaban J connectivity index is -0.00000000889. The number of hydrogen-bond acceptors (Lipinski definition) is 12. The van der Waals surface area contributed by atoms with Crippen LogP contribution in [0.4, 0.5) is 0 Å². The summed E-state index contributed by atoms with van der Waals surface area (Å²) in [5.74, 6) is 0. The third kappa shape index (κ3) is 732. The van der Waals surface area contributed by atoms with Crippen LogP contribution in [0.5, 0.6) is 0 Å². The summed E-state index contributed by atoms with van der Waals surface area (Å²) in [5, 5.41) is 0. The maximum Gasteiger partial charge on any atom is 1.00 e. The van der Waals surface area contributed by atoms with Crippen LogP contribution in [0.25, 0.3) is 0 Å². The zero-order valence-corrected chi connectivity index (χ0v) is 25.5. The summed E-state index contributed by atoms with van der Waals surface area (Å²) >= 11 is 0. The van der Waals surface area contributed by atoms with Crippen LogP contribution in [-0.4, -0.2) is 63.5 Å². The van der Waals surface area contributed by atoms with Gasteiger partial charge in [0, 0.05) is 10.4 Å². The molecular formula is H12K2N2Na2O14S3. The Labute approximate surface area is 262 Å². The van der Waals surface area contributed by atoms with E-state index in [1.807, 2.05) is 0 Å². The average Bonchev–Trinajstić information content (AvgIpc) is 1.41. The van der Waals surface area contributed by atoms with Gasteiger partial charge in [0.2, 0.25) is 10.4 Å². The van der Waals surface area contributed by atoms with Crippen molar-refractivity contribution in [3.05, 3.63) is 0 Å². The molecule has 0 aromatic heterocycles. The molecule has 23 heteroatoms. The largest absolute Gasteiger partial charge is 1.00 e. The van der Waals surface area contributed by atoms with Crippen LogP contribution in [0.3, 0.4) is 0 Å². The molecule has 0 aromatic rings. The molecular weight excluding hydrogens is 472 g/mol. The van der Waals surface area contributed by atoms with Crippen molar-refractivity contribution in [3.63, 3.8) is 0 Å². The molecule has 0 radical (unpaired) electrons. The van der Waals surface area contributed by atoms with Crippen LogP contribution in [0.1, 0.15) is 0 Å². The van der Waals surface area contributed by atoms with Gasteiger partial charge in [0.05, 0.1) is 0 Å². The first kappa shape index (κ1) is 70.8. The van der Waals surface area contributed by atoms with Gasteiger partial charge in [0.1, 0.15) is 0 Å². The van der Waals surface area contributed by atoms with Gasteiger partial charge in [-0.3, -0.25) is 22.1 Å². The SMILES string of the molecule is N.O=S(=O)(O)O.O=S(=O)([O-])O.O=S(=O)([O-])[O-].[K+].[K+].[NH4+].[Na+].[Na+].[OH-].[OH-]. The van der Waals surface area contributed by atoms with Crippen LogP contribution in [0.2, 0.25) is 0 Å². The fraction of sp³-hybridized carbons (Fsp3) is 0. The molecule has 0 rings (SSSR count). The van der Waals surface area contributed by atoms with Gasteiger partial charge in [-0.15, -0.1) is 0 Å². The van der Waals surface area contributed by atoms with Gasteiger partial charge in [-0.2, -0.15) is 8.42 Å². The van der Waals surface area contributed by atoms with Crippen molar-refractivity contribution in [1.29, 1.82) is 0 Å². The smallest absolute Gasteiger partial charge is 0.870 e. The van der Waals surface area contributed by atoms with Crippen LogP contribution in [0, 0.1) is 0 Å². The second-order valence-electron chi connectivity index (χ2n) is 1.28. The standard InChI is InChI=1S/2K.2H3N.2Na.3H2O4S.2H2O/c;;;;;;3*1-5(2,3)4;;/h;;2*1H3;;;3*(H2,1,2,3,4);2*1H2/q2*+1;;;2*+1;;;;;/p-4. The topological polar surface area (TPSA) is 364 Å². The van der Waals surface area contributed by atoms with E-state index in [-0.39, 0.29) is 185 Å². The molecule has 16 nitrogen and oxygen atoms in total. The van der Waals surface area contributed by atoms with Crippen molar-refractivity contribution in [2.45, 2.75) is 0 Å². The zero-order valence-electron chi connectivity index (χ0n) is 12.8. The summed E-state index contributed by atoms with van der Waals surface area (Å²) < 4.78 is 98.5. The third-order valence-corrected chi connectivity index (χ3v) is 0. The van der Waals surface area contributed by atoms with Gasteiger partial charge in [-0.25, -0.2) is 8.42 Å². The Kier molecular flexibility index (Phi) is 105. The van der Waals surface area contributed by atoms with E-state index >= 15 is 0 Å². The van der Waals surface area contributed by atoms with Gasteiger partial charge in [0.25, 0.3) is 0 Å². The van der Waals surface area contributed by atoms with Crippen molar-refractivity contribution in [2.75, 3.05) is 0 Å². The van der Waals surface area contributed by atoms with E-state index in [1.165, 1.54) is 0 Å². The van der Waals surface area contributed by atoms with Gasteiger partial charge < -0.3 is 36.9 Å².